The van der Waals surface area contributed by atoms with Crippen LogP contribution in [-0.4, -0.2) is 15.1 Å². The third-order valence-corrected chi connectivity index (χ3v) is 2.59. The highest BCUT2D eigenvalue weighted by Gasteiger charge is 2.09. The maximum absolute atomic E-state index is 5.66. The Kier molecular flexibility index (Phi) is 3.28. The lowest BCUT2D eigenvalue weighted by Gasteiger charge is -2.01. The summed E-state index contributed by atoms with van der Waals surface area (Å²) in [7, 11) is 0. The maximum Gasteiger partial charge on any atom is 0.259 e. The number of aromatic nitrogens is 3. The number of ether oxygens (including phenoxy) is 1. The molecule has 0 saturated carbocycles. The number of rotatable bonds is 4. The predicted molar refractivity (Wildman–Crippen MR) is 72.7 cm³/mol. The molecule has 0 saturated heterocycles. The largest absolute Gasteiger partial charge is 0.485 e. The van der Waals surface area contributed by atoms with Crippen LogP contribution in [0.3, 0.4) is 0 Å². The quantitative estimate of drug-likeness (QED) is 0.781. The Morgan fingerprint density at radius 1 is 1.15 bits per heavy atom. The first-order valence-electron chi connectivity index (χ1n) is 6.02. The molecule has 0 fully saturated rings. The molecule has 2 aromatic heterocycles. The van der Waals surface area contributed by atoms with Crippen molar-refractivity contribution in [3.05, 3.63) is 54.6 Å². The van der Waals surface area contributed by atoms with Gasteiger partial charge in [0.25, 0.3) is 5.89 Å². The number of pyridine rings is 1. The van der Waals surface area contributed by atoms with Crippen molar-refractivity contribution in [2.45, 2.75) is 6.61 Å². The SMILES string of the molecule is Nc1cncc(-c2nc(COc3ccccc3)no2)c1. The van der Waals surface area contributed by atoms with E-state index in [4.69, 9.17) is 15.0 Å². The first-order valence-corrected chi connectivity index (χ1v) is 6.02. The topological polar surface area (TPSA) is 87.1 Å². The Morgan fingerprint density at radius 2 is 2.00 bits per heavy atom. The zero-order valence-corrected chi connectivity index (χ0v) is 10.6. The van der Waals surface area contributed by atoms with E-state index >= 15 is 0 Å². The van der Waals surface area contributed by atoms with Crippen LogP contribution in [0.5, 0.6) is 5.75 Å². The van der Waals surface area contributed by atoms with E-state index in [0.717, 1.165) is 5.75 Å². The molecule has 100 valence electrons. The summed E-state index contributed by atoms with van der Waals surface area (Å²) in [4.78, 5) is 8.22. The summed E-state index contributed by atoms with van der Waals surface area (Å²) < 4.78 is 10.7. The fraction of sp³-hybridized carbons (Fsp3) is 0.0714. The van der Waals surface area contributed by atoms with Gasteiger partial charge in [-0.3, -0.25) is 4.98 Å². The average Bonchev–Trinajstić information content (AvgIpc) is 2.95. The summed E-state index contributed by atoms with van der Waals surface area (Å²) in [5.41, 5.74) is 6.89. The smallest absolute Gasteiger partial charge is 0.259 e. The first-order chi connectivity index (χ1) is 9.81. The highest BCUT2D eigenvalue weighted by Crippen LogP contribution is 2.18. The van der Waals surface area contributed by atoms with Crippen molar-refractivity contribution < 1.29 is 9.26 Å². The molecule has 2 N–H and O–H groups in total. The second-order valence-corrected chi connectivity index (χ2v) is 4.12. The van der Waals surface area contributed by atoms with E-state index in [1.165, 1.54) is 0 Å². The first kappa shape index (κ1) is 12.2. The molecule has 0 unspecified atom stereocenters. The number of nitrogens with two attached hydrogens (primary N) is 1. The van der Waals surface area contributed by atoms with Gasteiger partial charge in [0, 0.05) is 12.4 Å². The highest BCUT2D eigenvalue weighted by molar-refractivity contribution is 5.57. The molecule has 3 rings (SSSR count). The normalized spacial score (nSPS) is 10.4. The monoisotopic (exact) mass is 268 g/mol. The minimum absolute atomic E-state index is 0.239. The minimum Gasteiger partial charge on any atom is -0.485 e. The Labute approximate surface area is 115 Å². The van der Waals surface area contributed by atoms with Crippen molar-refractivity contribution in [1.82, 2.24) is 15.1 Å². The van der Waals surface area contributed by atoms with Gasteiger partial charge in [-0.1, -0.05) is 23.4 Å². The highest BCUT2D eigenvalue weighted by atomic mass is 16.5. The van der Waals surface area contributed by atoms with Gasteiger partial charge in [0.2, 0.25) is 5.82 Å². The van der Waals surface area contributed by atoms with Crippen LogP contribution in [0.2, 0.25) is 0 Å². The Morgan fingerprint density at radius 3 is 2.80 bits per heavy atom. The Hall–Kier alpha value is -2.89. The summed E-state index contributed by atoms with van der Waals surface area (Å²) in [6, 6.07) is 11.2. The molecule has 0 spiro atoms. The van der Waals surface area contributed by atoms with Gasteiger partial charge < -0.3 is 15.0 Å². The molecule has 1 aromatic carbocycles. The van der Waals surface area contributed by atoms with Gasteiger partial charge in [-0.25, -0.2) is 0 Å². The summed E-state index contributed by atoms with van der Waals surface area (Å²) in [5.74, 6) is 1.59. The van der Waals surface area contributed by atoms with E-state index in [1.54, 1.807) is 18.5 Å². The van der Waals surface area contributed by atoms with Gasteiger partial charge in [0.15, 0.2) is 6.61 Å². The van der Waals surface area contributed by atoms with Crippen LogP contribution in [0, 0.1) is 0 Å². The maximum atomic E-state index is 5.66. The molecule has 0 radical (unpaired) electrons. The third kappa shape index (κ3) is 2.74. The summed E-state index contributed by atoms with van der Waals surface area (Å²) in [6.07, 6.45) is 3.17. The van der Waals surface area contributed by atoms with Crippen molar-refractivity contribution in [2.24, 2.45) is 0 Å². The molecule has 0 aliphatic rings. The summed E-state index contributed by atoms with van der Waals surface area (Å²) in [5, 5.41) is 3.86. The lowest BCUT2D eigenvalue weighted by atomic mass is 10.2. The van der Waals surface area contributed by atoms with Crippen LogP contribution in [0.25, 0.3) is 11.5 Å². The van der Waals surface area contributed by atoms with E-state index in [0.29, 0.717) is 23.0 Å². The molecule has 0 aliphatic carbocycles. The molecule has 0 atom stereocenters. The zero-order valence-electron chi connectivity index (χ0n) is 10.6. The number of hydrogen-bond donors (Lipinski definition) is 1. The average molecular weight is 268 g/mol. The number of nitrogen functional groups attached to an aromatic ring is 1. The van der Waals surface area contributed by atoms with Crippen molar-refractivity contribution in [3.8, 4) is 17.2 Å². The van der Waals surface area contributed by atoms with Gasteiger partial charge in [0.05, 0.1) is 11.3 Å². The van der Waals surface area contributed by atoms with E-state index in [9.17, 15) is 0 Å². The van der Waals surface area contributed by atoms with Crippen LogP contribution in [0.1, 0.15) is 5.82 Å². The van der Waals surface area contributed by atoms with E-state index < -0.39 is 0 Å². The molecule has 0 aliphatic heterocycles. The van der Waals surface area contributed by atoms with Gasteiger partial charge in [0.1, 0.15) is 5.75 Å². The van der Waals surface area contributed by atoms with Crippen LogP contribution in [0.4, 0.5) is 5.69 Å². The Balaban J connectivity index is 1.71. The lowest BCUT2D eigenvalue weighted by molar-refractivity contribution is 0.287. The molecule has 20 heavy (non-hydrogen) atoms. The molecule has 2 heterocycles. The zero-order chi connectivity index (χ0) is 13.8. The van der Waals surface area contributed by atoms with Crippen LogP contribution in [0.15, 0.2) is 53.3 Å². The number of benzene rings is 1. The molecule has 3 aromatic rings. The predicted octanol–water partition coefficient (Wildman–Crippen LogP) is 2.29. The van der Waals surface area contributed by atoms with Crippen molar-refractivity contribution in [2.75, 3.05) is 5.73 Å². The minimum atomic E-state index is 0.239. The van der Waals surface area contributed by atoms with Crippen molar-refractivity contribution in [1.29, 1.82) is 0 Å². The number of nitrogens with zero attached hydrogens (tertiary/aromatic N) is 3. The van der Waals surface area contributed by atoms with Crippen LogP contribution >= 0.6 is 0 Å². The molecule has 0 amide bonds. The molecular formula is C14H12N4O2. The third-order valence-electron chi connectivity index (χ3n) is 2.59. The summed E-state index contributed by atoms with van der Waals surface area (Å²) >= 11 is 0. The fourth-order valence-electron chi connectivity index (χ4n) is 1.67. The lowest BCUT2D eigenvalue weighted by Crippen LogP contribution is -1.97. The number of anilines is 1. The second kappa shape index (κ2) is 5.40. The van der Waals surface area contributed by atoms with E-state index in [2.05, 4.69) is 15.1 Å². The fourth-order valence-corrected chi connectivity index (χ4v) is 1.67. The Bertz CT molecular complexity index is 697. The number of hydrogen-bond acceptors (Lipinski definition) is 6. The van der Waals surface area contributed by atoms with Gasteiger partial charge in [-0.2, -0.15) is 4.98 Å². The van der Waals surface area contributed by atoms with Crippen LogP contribution < -0.4 is 10.5 Å². The second-order valence-electron chi connectivity index (χ2n) is 4.12. The summed E-state index contributed by atoms with van der Waals surface area (Å²) in [6.45, 7) is 0.239. The van der Waals surface area contributed by atoms with E-state index in [1.807, 2.05) is 30.3 Å². The molecular weight excluding hydrogens is 256 g/mol. The van der Waals surface area contributed by atoms with Gasteiger partial charge in [-0.05, 0) is 18.2 Å². The standard InChI is InChI=1S/C14H12N4O2/c15-11-6-10(7-16-8-11)14-17-13(18-20-14)9-19-12-4-2-1-3-5-12/h1-8H,9,15H2. The van der Waals surface area contributed by atoms with E-state index in [-0.39, 0.29) is 6.61 Å². The van der Waals surface area contributed by atoms with Gasteiger partial charge >= 0.3 is 0 Å². The van der Waals surface area contributed by atoms with Gasteiger partial charge in [-0.15, -0.1) is 0 Å². The number of para-hydroxylation sites is 1. The van der Waals surface area contributed by atoms with Crippen molar-refractivity contribution in [3.63, 3.8) is 0 Å². The van der Waals surface area contributed by atoms with Crippen molar-refractivity contribution >= 4 is 5.69 Å². The molecule has 0 bridgehead atoms. The molecule has 6 heteroatoms. The molecule has 6 nitrogen and oxygen atoms in total. The van der Waals surface area contributed by atoms with Crippen LogP contribution in [-0.2, 0) is 6.61 Å².